The molecule has 0 fully saturated rings. The summed E-state index contributed by atoms with van der Waals surface area (Å²) in [6, 6.07) is 11.9. The Bertz CT molecular complexity index is 851. The minimum Gasteiger partial charge on any atom is -0.454 e. The van der Waals surface area contributed by atoms with Gasteiger partial charge in [-0.05, 0) is 42.5 Å². The lowest BCUT2D eigenvalue weighted by Crippen LogP contribution is -2.10. The van der Waals surface area contributed by atoms with Crippen LogP contribution in [-0.4, -0.2) is 0 Å². The molecule has 0 aliphatic heterocycles. The van der Waals surface area contributed by atoms with E-state index in [1.165, 1.54) is 0 Å². The molecule has 0 aliphatic rings. The predicted molar refractivity (Wildman–Crippen MR) is 81.2 cm³/mol. The first kappa shape index (κ1) is 12.1. The lowest BCUT2D eigenvalue weighted by molar-refractivity contribution is 0.621. The molecule has 0 aliphatic carbocycles. The van der Waals surface area contributed by atoms with Gasteiger partial charge in [-0.15, -0.1) is 0 Å². The molecule has 0 saturated carbocycles. The molecule has 100 valence electrons. The number of nitrogen functional groups attached to an aromatic ring is 3. The Morgan fingerprint density at radius 1 is 0.850 bits per heavy atom. The average Bonchev–Trinajstić information content (AvgIpc) is 2.44. The summed E-state index contributed by atoms with van der Waals surface area (Å²) in [5.74, 6) is 0.340. The molecule has 0 amide bonds. The summed E-state index contributed by atoms with van der Waals surface area (Å²) in [7, 11) is 0. The lowest BCUT2D eigenvalue weighted by Gasteiger charge is -2.07. The van der Waals surface area contributed by atoms with Gasteiger partial charge < -0.3 is 21.6 Å². The van der Waals surface area contributed by atoms with Crippen molar-refractivity contribution < 1.29 is 4.42 Å². The van der Waals surface area contributed by atoms with Gasteiger partial charge in [0.25, 0.3) is 0 Å². The molecule has 3 rings (SSSR count). The smallest absolute Gasteiger partial charge is 0.216 e. The molecule has 0 bridgehead atoms. The highest BCUT2D eigenvalue weighted by atomic mass is 16.3. The molecule has 6 N–H and O–H groups in total. The predicted octanol–water partition coefficient (Wildman–Crippen LogP) is 2.21. The third kappa shape index (κ3) is 1.85. The molecule has 5 heteroatoms. The largest absolute Gasteiger partial charge is 0.454 e. The lowest BCUT2D eigenvalue weighted by atomic mass is 10.1. The number of rotatable bonds is 1. The van der Waals surface area contributed by atoms with Gasteiger partial charge in [0.15, 0.2) is 5.76 Å². The van der Waals surface area contributed by atoms with Crippen molar-refractivity contribution in [3.05, 3.63) is 52.7 Å². The third-order valence-electron chi connectivity index (χ3n) is 3.12. The Morgan fingerprint density at radius 3 is 2.20 bits per heavy atom. The van der Waals surface area contributed by atoms with Crippen molar-refractivity contribution in [2.45, 2.75) is 0 Å². The number of hydrogen-bond acceptors (Lipinski definition) is 5. The van der Waals surface area contributed by atoms with Crippen molar-refractivity contribution >= 4 is 28.0 Å². The van der Waals surface area contributed by atoms with Crippen LogP contribution in [0.5, 0.6) is 0 Å². The van der Waals surface area contributed by atoms with Crippen LogP contribution in [0, 0.1) is 0 Å². The normalized spacial score (nSPS) is 10.8. The molecular formula is C15H13N3O2. The highest BCUT2D eigenvalue weighted by Gasteiger charge is 2.13. The van der Waals surface area contributed by atoms with Crippen molar-refractivity contribution in [3.63, 3.8) is 0 Å². The van der Waals surface area contributed by atoms with Crippen molar-refractivity contribution in [1.82, 2.24) is 0 Å². The first-order valence-corrected chi connectivity index (χ1v) is 6.04. The molecule has 1 heterocycles. The van der Waals surface area contributed by atoms with E-state index in [1.807, 2.05) is 0 Å². The number of fused-ring (bicyclic) bond motifs is 1. The SMILES string of the molecule is Nc1ccc(-c2oc3ccc(N)cc3c(=O)c2N)cc1. The van der Waals surface area contributed by atoms with E-state index >= 15 is 0 Å². The topological polar surface area (TPSA) is 108 Å². The fraction of sp³-hybridized carbons (Fsp3) is 0. The third-order valence-corrected chi connectivity index (χ3v) is 3.12. The van der Waals surface area contributed by atoms with E-state index in [2.05, 4.69) is 0 Å². The molecule has 2 aromatic carbocycles. The fourth-order valence-corrected chi connectivity index (χ4v) is 2.08. The molecule has 0 saturated heterocycles. The Balaban J connectivity index is 2.32. The molecule has 20 heavy (non-hydrogen) atoms. The van der Waals surface area contributed by atoms with Gasteiger partial charge in [0.1, 0.15) is 11.3 Å². The van der Waals surface area contributed by atoms with Gasteiger partial charge in [0, 0.05) is 16.9 Å². The van der Waals surface area contributed by atoms with E-state index in [4.69, 9.17) is 21.6 Å². The molecule has 0 radical (unpaired) electrons. The van der Waals surface area contributed by atoms with Crippen molar-refractivity contribution in [2.24, 2.45) is 0 Å². The van der Waals surface area contributed by atoms with Crippen LogP contribution in [0.15, 0.2) is 51.7 Å². The summed E-state index contributed by atoms with van der Waals surface area (Å²) in [6.07, 6.45) is 0. The first-order chi connectivity index (χ1) is 9.56. The number of nitrogens with two attached hydrogens (primary N) is 3. The molecule has 0 unspecified atom stereocenters. The van der Waals surface area contributed by atoms with Crippen LogP contribution >= 0.6 is 0 Å². The quantitative estimate of drug-likeness (QED) is 0.586. The van der Waals surface area contributed by atoms with Crippen LogP contribution in [0.1, 0.15) is 0 Å². The number of anilines is 3. The highest BCUT2D eigenvalue weighted by Crippen LogP contribution is 2.28. The van der Waals surface area contributed by atoms with Gasteiger partial charge in [0.2, 0.25) is 5.43 Å². The van der Waals surface area contributed by atoms with Gasteiger partial charge in [-0.2, -0.15) is 0 Å². The second-order valence-electron chi connectivity index (χ2n) is 4.55. The number of benzene rings is 2. The summed E-state index contributed by atoms with van der Waals surface area (Å²) in [5, 5.41) is 0.377. The van der Waals surface area contributed by atoms with Crippen LogP contribution in [0.4, 0.5) is 17.1 Å². The Kier molecular flexibility index (Phi) is 2.61. The van der Waals surface area contributed by atoms with Crippen molar-refractivity contribution in [2.75, 3.05) is 17.2 Å². The molecule has 5 nitrogen and oxygen atoms in total. The van der Waals surface area contributed by atoms with Gasteiger partial charge >= 0.3 is 0 Å². The van der Waals surface area contributed by atoms with Crippen LogP contribution in [-0.2, 0) is 0 Å². The minimum atomic E-state index is -0.287. The van der Waals surface area contributed by atoms with Crippen LogP contribution < -0.4 is 22.6 Å². The monoisotopic (exact) mass is 267 g/mol. The zero-order valence-corrected chi connectivity index (χ0v) is 10.6. The van der Waals surface area contributed by atoms with E-state index in [-0.39, 0.29) is 11.1 Å². The summed E-state index contributed by atoms with van der Waals surface area (Å²) in [4.78, 5) is 12.3. The molecule has 1 aromatic heterocycles. The zero-order valence-electron chi connectivity index (χ0n) is 10.6. The van der Waals surface area contributed by atoms with Crippen LogP contribution in [0.25, 0.3) is 22.3 Å². The minimum absolute atomic E-state index is 0.0628. The second-order valence-corrected chi connectivity index (χ2v) is 4.55. The van der Waals surface area contributed by atoms with Gasteiger partial charge in [-0.25, -0.2) is 0 Å². The summed E-state index contributed by atoms with van der Waals surface area (Å²) >= 11 is 0. The van der Waals surface area contributed by atoms with E-state index in [9.17, 15) is 4.79 Å². The maximum absolute atomic E-state index is 12.3. The summed E-state index contributed by atoms with van der Waals surface area (Å²) in [6.45, 7) is 0. The highest BCUT2D eigenvalue weighted by molar-refractivity contribution is 5.87. The maximum atomic E-state index is 12.3. The van der Waals surface area contributed by atoms with Crippen LogP contribution in [0.2, 0.25) is 0 Å². The molecular weight excluding hydrogens is 254 g/mol. The van der Waals surface area contributed by atoms with E-state index < -0.39 is 0 Å². The van der Waals surface area contributed by atoms with Gasteiger partial charge in [0.05, 0.1) is 5.39 Å². The van der Waals surface area contributed by atoms with Crippen molar-refractivity contribution in [3.8, 4) is 11.3 Å². The van der Waals surface area contributed by atoms with Gasteiger partial charge in [-0.3, -0.25) is 4.79 Å². The fourth-order valence-electron chi connectivity index (χ4n) is 2.08. The maximum Gasteiger partial charge on any atom is 0.216 e. The van der Waals surface area contributed by atoms with E-state index in [0.29, 0.717) is 33.7 Å². The Hall–Kier alpha value is -2.95. The molecule has 0 atom stereocenters. The van der Waals surface area contributed by atoms with Crippen LogP contribution in [0.3, 0.4) is 0 Å². The second kappa shape index (κ2) is 4.31. The molecule has 0 spiro atoms. The average molecular weight is 267 g/mol. The number of hydrogen-bond donors (Lipinski definition) is 3. The van der Waals surface area contributed by atoms with E-state index in [1.54, 1.807) is 42.5 Å². The zero-order chi connectivity index (χ0) is 14.3. The first-order valence-electron chi connectivity index (χ1n) is 6.04. The summed E-state index contributed by atoms with van der Waals surface area (Å²) in [5.41, 5.74) is 19.3. The Morgan fingerprint density at radius 2 is 1.50 bits per heavy atom. The van der Waals surface area contributed by atoms with Crippen molar-refractivity contribution in [1.29, 1.82) is 0 Å². The summed E-state index contributed by atoms with van der Waals surface area (Å²) < 4.78 is 5.73. The Labute approximate surface area is 114 Å². The standard InChI is InChI=1S/C15H13N3O2/c16-9-3-1-8(2-4-9)15-13(18)14(19)11-7-10(17)5-6-12(11)20-15/h1-7H,16-18H2. The van der Waals surface area contributed by atoms with E-state index in [0.717, 1.165) is 0 Å². The molecule has 3 aromatic rings. The van der Waals surface area contributed by atoms with Gasteiger partial charge in [-0.1, -0.05) is 0 Å².